The summed E-state index contributed by atoms with van der Waals surface area (Å²) in [5, 5.41) is 3.38. The average molecular weight is 344 g/mol. The smallest absolute Gasteiger partial charge is 0.258 e. The first-order valence-corrected chi connectivity index (χ1v) is 8.00. The average Bonchev–Trinajstić information content (AvgIpc) is 2.98. The zero-order valence-electron chi connectivity index (χ0n) is 13.5. The van der Waals surface area contributed by atoms with Gasteiger partial charge in [-0.15, -0.1) is 0 Å². The molecular weight excluding hydrogens is 326 g/mol. The third-order valence-corrected chi connectivity index (χ3v) is 3.97. The van der Waals surface area contributed by atoms with Gasteiger partial charge in [-0.1, -0.05) is 29.8 Å². The van der Waals surface area contributed by atoms with Gasteiger partial charge in [0.25, 0.3) is 5.91 Å². The Kier molecular flexibility index (Phi) is 4.71. The van der Waals surface area contributed by atoms with Crippen molar-refractivity contribution in [1.82, 2.24) is 14.7 Å². The van der Waals surface area contributed by atoms with Crippen LogP contribution in [0.3, 0.4) is 0 Å². The highest BCUT2D eigenvalue weighted by Gasteiger charge is 2.08. The fourth-order valence-electron chi connectivity index (χ4n) is 2.36. The van der Waals surface area contributed by atoms with Crippen LogP contribution in [-0.2, 0) is 11.3 Å². The first-order valence-electron chi connectivity index (χ1n) is 7.62. The summed E-state index contributed by atoms with van der Waals surface area (Å²) in [6, 6.07) is 11.4. The van der Waals surface area contributed by atoms with Gasteiger partial charge < -0.3 is 10.1 Å². The molecule has 2 heterocycles. The van der Waals surface area contributed by atoms with E-state index in [0.29, 0.717) is 11.7 Å². The Morgan fingerprint density at radius 1 is 1.29 bits per heavy atom. The standard InChI is InChI=1S/C18H18ClN3O2/c1-12-6-7-13(2)15(8-12)24-11-18(23)20-9-14-10-22-16(19)4-3-5-17(22)21-14/h3-8,10H,9,11H2,1-2H3,(H,20,23). The first kappa shape index (κ1) is 16.3. The number of carbonyl (C=O) groups is 1. The molecule has 2 aromatic heterocycles. The van der Waals surface area contributed by atoms with Gasteiger partial charge in [-0.25, -0.2) is 4.98 Å². The van der Waals surface area contributed by atoms with Crippen molar-refractivity contribution < 1.29 is 9.53 Å². The number of amides is 1. The van der Waals surface area contributed by atoms with Gasteiger partial charge in [0.2, 0.25) is 0 Å². The van der Waals surface area contributed by atoms with Crippen molar-refractivity contribution >= 4 is 23.2 Å². The number of hydrogen-bond acceptors (Lipinski definition) is 3. The summed E-state index contributed by atoms with van der Waals surface area (Å²) in [5.41, 5.74) is 3.59. The Morgan fingerprint density at radius 2 is 2.12 bits per heavy atom. The van der Waals surface area contributed by atoms with E-state index in [0.717, 1.165) is 28.2 Å². The fraction of sp³-hybridized carbons (Fsp3) is 0.222. The van der Waals surface area contributed by atoms with Gasteiger partial charge in [0.15, 0.2) is 6.61 Å². The van der Waals surface area contributed by atoms with E-state index < -0.39 is 0 Å². The summed E-state index contributed by atoms with van der Waals surface area (Å²) >= 11 is 6.09. The van der Waals surface area contributed by atoms with Crippen LogP contribution in [0.15, 0.2) is 42.6 Å². The lowest BCUT2D eigenvalue weighted by Gasteiger charge is -2.09. The first-order chi connectivity index (χ1) is 11.5. The Bertz CT molecular complexity index is 889. The lowest BCUT2D eigenvalue weighted by Crippen LogP contribution is -2.28. The van der Waals surface area contributed by atoms with Gasteiger partial charge in [-0.2, -0.15) is 0 Å². The lowest BCUT2D eigenvalue weighted by atomic mass is 10.1. The number of ether oxygens (including phenoxy) is 1. The van der Waals surface area contributed by atoms with E-state index >= 15 is 0 Å². The van der Waals surface area contributed by atoms with Crippen molar-refractivity contribution in [2.45, 2.75) is 20.4 Å². The summed E-state index contributed by atoms with van der Waals surface area (Å²) in [5.74, 6) is 0.531. The van der Waals surface area contributed by atoms with Crippen molar-refractivity contribution in [2.24, 2.45) is 0 Å². The maximum Gasteiger partial charge on any atom is 0.258 e. The van der Waals surface area contributed by atoms with E-state index in [1.807, 2.05) is 50.4 Å². The molecule has 0 fully saturated rings. The zero-order chi connectivity index (χ0) is 17.1. The molecule has 124 valence electrons. The lowest BCUT2D eigenvalue weighted by molar-refractivity contribution is -0.123. The number of halogens is 1. The maximum absolute atomic E-state index is 12.0. The summed E-state index contributed by atoms with van der Waals surface area (Å²) in [7, 11) is 0. The van der Waals surface area contributed by atoms with Crippen LogP contribution in [0.2, 0.25) is 5.15 Å². The van der Waals surface area contributed by atoms with Crippen LogP contribution in [-0.4, -0.2) is 21.9 Å². The molecule has 1 aromatic carbocycles. The molecule has 0 bridgehead atoms. The molecule has 0 radical (unpaired) electrons. The van der Waals surface area contributed by atoms with Crippen molar-refractivity contribution in [3.8, 4) is 5.75 Å². The van der Waals surface area contributed by atoms with Crippen LogP contribution in [0.25, 0.3) is 5.65 Å². The molecule has 3 aromatic rings. The quantitative estimate of drug-likeness (QED) is 0.723. The van der Waals surface area contributed by atoms with E-state index in [9.17, 15) is 4.79 Å². The third kappa shape index (κ3) is 3.68. The van der Waals surface area contributed by atoms with Gasteiger partial charge in [-0.05, 0) is 43.2 Å². The van der Waals surface area contributed by atoms with Gasteiger partial charge >= 0.3 is 0 Å². The third-order valence-electron chi connectivity index (χ3n) is 3.66. The minimum absolute atomic E-state index is 0.0293. The Balaban J connectivity index is 1.57. The molecule has 3 rings (SSSR count). The molecule has 0 spiro atoms. The molecule has 1 N–H and O–H groups in total. The molecule has 0 aliphatic rings. The number of aryl methyl sites for hydroxylation is 2. The monoisotopic (exact) mass is 343 g/mol. The second-order valence-corrected chi connectivity index (χ2v) is 6.03. The number of rotatable bonds is 5. The second-order valence-electron chi connectivity index (χ2n) is 5.64. The van der Waals surface area contributed by atoms with Gasteiger partial charge in [0, 0.05) is 6.20 Å². The topological polar surface area (TPSA) is 55.6 Å². The molecule has 5 nitrogen and oxygen atoms in total. The van der Waals surface area contributed by atoms with Gasteiger partial charge in [-0.3, -0.25) is 9.20 Å². The van der Waals surface area contributed by atoms with Gasteiger partial charge in [0.05, 0.1) is 12.2 Å². The van der Waals surface area contributed by atoms with Crippen LogP contribution in [0, 0.1) is 13.8 Å². The fourth-order valence-corrected chi connectivity index (χ4v) is 2.57. The molecule has 0 aliphatic heterocycles. The highest BCUT2D eigenvalue weighted by molar-refractivity contribution is 6.29. The number of nitrogens with zero attached hydrogens (tertiary/aromatic N) is 2. The summed E-state index contributed by atoms with van der Waals surface area (Å²) < 4.78 is 7.36. The van der Waals surface area contributed by atoms with Crippen molar-refractivity contribution in [2.75, 3.05) is 6.61 Å². The summed E-state index contributed by atoms with van der Waals surface area (Å²) in [6.45, 7) is 4.24. The molecule has 0 atom stereocenters. The zero-order valence-corrected chi connectivity index (χ0v) is 14.3. The number of carbonyl (C=O) groups excluding carboxylic acids is 1. The maximum atomic E-state index is 12.0. The Morgan fingerprint density at radius 3 is 2.92 bits per heavy atom. The molecular formula is C18H18ClN3O2. The number of imidazole rings is 1. The Hall–Kier alpha value is -2.53. The van der Waals surface area contributed by atoms with Crippen LogP contribution in [0.4, 0.5) is 0 Å². The number of benzene rings is 1. The van der Waals surface area contributed by atoms with E-state index in [-0.39, 0.29) is 12.5 Å². The number of aromatic nitrogens is 2. The molecule has 0 aliphatic carbocycles. The van der Waals surface area contributed by atoms with Crippen LogP contribution in [0.5, 0.6) is 5.75 Å². The highest BCUT2D eigenvalue weighted by Crippen LogP contribution is 2.19. The predicted molar refractivity (Wildman–Crippen MR) is 93.5 cm³/mol. The molecule has 0 saturated carbocycles. The van der Waals surface area contributed by atoms with Crippen LogP contribution in [0.1, 0.15) is 16.8 Å². The van der Waals surface area contributed by atoms with Crippen molar-refractivity contribution in [1.29, 1.82) is 0 Å². The predicted octanol–water partition coefficient (Wildman–Crippen LogP) is 3.30. The van der Waals surface area contributed by atoms with Crippen LogP contribution >= 0.6 is 11.6 Å². The minimum Gasteiger partial charge on any atom is -0.483 e. The molecule has 0 saturated heterocycles. The highest BCUT2D eigenvalue weighted by atomic mass is 35.5. The van der Waals surface area contributed by atoms with Crippen LogP contribution < -0.4 is 10.1 Å². The van der Waals surface area contributed by atoms with E-state index in [1.165, 1.54) is 0 Å². The normalized spacial score (nSPS) is 10.8. The second kappa shape index (κ2) is 6.93. The minimum atomic E-state index is -0.195. The van der Waals surface area contributed by atoms with Crippen molar-refractivity contribution in [3.05, 3.63) is 64.6 Å². The molecule has 0 unspecified atom stereocenters. The molecule has 24 heavy (non-hydrogen) atoms. The molecule has 1 amide bonds. The number of nitrogens with one attached hydrogen (secondary N) is 1. The molecule has 6 heteroatoms. The van der Waals surface area contributed by atoms with E-state index in [4.69, 9.17) is 16.3 Å². The Labute approximate surface area is 145 Å². The number of pyridine rings is 1. The SMILES string of the molecule is Cc1ccc(C)c(OCC(=O)NCc2cn3c(Cl)cccc3n2)c1. The number of fused-ring (bicyclic) bond motifs is 1. The number of hydrogen-bond donors (Lipinski definition) is 1. The largest absolute Gasteiger partial charge is 0.483 e. The van der Waals surface area contributed by atoms with E-state index in [2.05, 4.69) is 10.3 Å². The van der Waals surface area contributed by atoms with Crippen molar-refractivity contribution in [3.63, 3.8) is 0 Å². The summed E-state index contributed by atoms with van der Waals surface area (Å²) in [4.78, 5) is 16.4. The van der Waals surface area contributed by atoms with Gasteiger partial charge in [0.1, 0.15) is 16.5 Å². The van der Waals surface area contributed by atoms with E-state index in [1.54, 1.807) is 10.5 Å². The summed E-state index contributed by atoms with van der Waals surface area (Å²) in [6.07, 6.45) is 1.81.